The number of hydrogen-bond acceptors (Lipinski definition) is 2. The van der Waals surface area contributed by atoms with Crippen LogP contribution in [0.25, 0.3) is 11.1 Å². The Hall–Kier alpha value is -2.42. The fourth-order valence-electron chi connectivity index (χ4n) is 2.36. The number of ketones is 1. The van der Waals surface area contributed by atoms with E-state index in [0.717, 1.165) is 16.7 Å². The van der Waals surface area contributed by atoms with Crippen LogP contribution in [0.2, 0.25) is 0 Å². The van der Waals surface area contributed by atoms with Crippen LogP contribution in [-0.2, 0) is 4.79 Å². The number of rotatable bonds is 1. The predicted molar refractivity (Wildman–Crippen MR) is 74.3 cm³/mol. The second-order valence-electron chi connectivity index (χ2n) is 4.86. The zero-order valence-corrected chi connectivity index (χ0v) is 10.8. The maximum absolute atomic E-state index is 11.7. The topological polar surface area (TPSA) is 46.2 Å². The quantitative estimate of drug-likeness (QED) is 0.791. The number of fused-ring (bicyclic) bond motifs is 1. The first-order valence-electron chi connectivity index (χ1n) is 6.13. The Balaban J connectivity index is 2.16. The summed E-state index contributed by atoms with van der Waals surface area (Å²) in [6.45, 7) is 4.07. The van der Waals surface area contributed by atoms with Gasteiger partial charge in [-0.1, -0.05) is 29.8 Å². The second kappa shape index (κ2) is 4.05. The van der Waals surface area contributed by atoms with Gasteiger partial charge in [-0.25, -0.2) is 0 Å². The molecule has 0 aliphatic carbocycles. The molecule has 2 aromatic carbocycles. The molecule has 0 aromatic heterocycles. The van der Waals surface area contributed by atoms with E-state index in [1.165, 1.54) is 5.56 Å². The van der Waals surface area contributed by atoms with Crippen molar-refractivity contribution in [2.24, 2.45) is 0 Å². The van der Waals surface area contributed by atoms with Crippen molar-refractivity contribution in [3.05, 3.63) is 53.1 Å². The van der Waals surface area contributed by atoms with Crippen LogP contribution in [0.3, 0.4) is 0 Å². The maximum Gasteiger partial charge on any atom is 0.296 e. The van der Waals surface area contributed by atoms with Crippen molar-refractivity contribution in [2.75, 3.05) is 5.32 Å². The summed E-state index contributed by atoms with van der Waals surface area (Å²) in [5.41, 5.74) is 5.43. The lowest BCUT2D eigenvalue weighted by Crippen LogP contribution is -2.12. The molecule has 0 unspecified atom stereocenters. The number of anilines is 1. The van der Waals surface area contributed by atoms with Gasteiger partial charge in [0.1, 0.15) is 0 Å². The molecule has 3 nitrogen and oxygen atoms in total. The molecule has 0 bridgehead atoms. The average molecular weight is 251 g/mol. The summed E-state index contributed by atoms with van der Waals surface area (Å²) >= 11 is 0. The molecular formula is C16H13NO2. The Morgan fingerprint density at radius 3 is 2.47 bits per heavy atom. The van der Waals surface area contributed by atoms with Crippen LogP contribution >= 0.6 is 0 Å². The predicted octanol–water partition coefficient (Wildman–Crippen LogP) is 3.11. The lowest BCUT2D eigenvalue weighted by Gasteiger charge is -2.08. The molecule has 1 heterocycles. The van der Waals surface area contributed by atoms with Crippen LogP contribution in [0.1, 0.15) is 21.5 Å². The number of Topliss-reactive ketones (excluding diaryl/α,β-unsaturated/α-hetero) is 1. The smallest absolute Gasteiger partial charge is 0.296 e. The average Bonchev–Trinajstić information content (AvgIpc) is 2.68. The molecule has 0 saturated heterocycles. The molecule has 1 aliphatic rings. The third kappa shape index (κ3) is 1.83. The zero-order valence-electron chi connectivity index (χ0n) is 10.8. The summed E-state index contributed by atoms with van der Waals surface area (Å²) in [6.07, 6.45) is 0. The Bertz CT molecular complexity index is 717. The first-order chi connectivity index (χ1) is 9.06. The highest BCUT2D eigenvalue weighted by Gasteiger charge is 2.28. The van der Waals surface area contributed by atoms with E-state index in [9.17, 15) is 9.59 Å². The minimum atomic E-state index is -0.548. The normalized spacial score (nSPS) is 13.4. The van der Waals surface area contributed by atoms with E-state index in [1.807, 2.05) is 19.9 Å². The molecule has 1 amide bonds. The molecule has 94 valence electrons. The van der Waals surface area contributed by atoms with Gasteiger partial charge in [-0.15, -0.1) is 0 Å². The Morgan fingerprint density at radius 2 is 1.68 bits per heavy atom. The Morgan fingerprint density at radius 1 is 0.895 bits per heavy atom. The summed E-state index contributed by atoms with van der Waals surface area (Å²) in [5, 5.41) is 2.56. The van der Waals surface area contributed by atoms with Crippen LogP contribution in [0, 0.1) is 13.8 Å². The molecule has 3 rings (SSSR count). The van der Waals surface area contributed by atoms with E-state index < -0.39 is 11.7 Å². The van der Waals surface area contributed by atoms with Crippen molar-refractivity contribution in [1.82, 2.24) is 0 Å². The molecule has 1 N–H and O–H groups in total. The number of amides is 1. The highest BCUT2D eigenvalue weighted by atomic mass is 16.2. The number of aryl methyl sites for hydroxylation is 2. The van der Waals surface area contributed by atoms with Gasteiger partial charge in [-0.05, 0) is 42.7 Å². The maximum atomic E-state index is 11.7. The summed E-state index contributed by atoms with van der Waals surface area (Å²) in [5.74, 6) is -1.00. The molecule has 0 atom stereocenters. The van der Waals surface area contributed by atoms with Gasteiger partial charge >= 0.3 is 0 Å². The van der Waals surface area contributed by atoms with E-state index in [-0.39, 0.29) is 0 Å². The number of carbonyl (C=O) groups excluding carboxylic acids is 2. The molecule has 0 radical (unpaired) electrons. The lowest BCUT2D eigenvalue weighted by atomic mass is 9.96. The van der Waals surface area contributed by atoms with Crippen LogP contribution in [0.4, 0.5) is 5.69 Å². The molecule has 2 aromatic rings. The van der Waals surface area contributed by atoms with Crippen molar-refractivity contribution < 1.29 is 9.59 Å². The molecular weight excluding hydrogens is 238 g/mol. The monoisotopic (exact) mass is 251 g/mol. The van der Waals surface area contributed by atoms with Gasteiger partial charge in [0.05, 0.1) is 11.3 Å². The molecule has 0 saturated carbocycles. The van der Waals surface area contributed by atoms with E-state index in [1.54, 1.807) is 12.1 Å². The highest BCUT2D eigenvalue weighted by molar-refractivity contribution is 6.51. The SMILES string of the molecule is Cc1ccc(C)c(-c2ccc3c(c2)C(=O)C(=O)N3)c1. The fraction of sp³-hybridized carbons (Fsp3) is 0.125. The van der Waals surface area contributed by atoms with E-state index in [4.69, 9.17) is 0 Å². The molecule has 1 aliphatic heterocycles. The molecule has 19 heavy (non-hydrogen) atoms. The van der Waals surface area contributed by atoms with E-state index in [0.29, 0.717) is 11.3 Å². The Kier molecular flexibility index (Phi) is 2.49. The van der Waals surface area contributed by atoms with Gasteiger partial charge in [0.25, 0.3) is 11.7 Å². The minimum absolute atomic E-state index is 0.456. The van der Waals surface area contributed by atoms with Crippen LogP contribution in [0.15, 0.2) is 36.4 Å². The largest absolute Gasteiger partial charge is 0.318 e. The first kappa shape index (κ1) is 11.7. The molecule has 0 fully saturated rings. The number of nitrogens with one attached hydrogen (secondary N) is 1. The van der Waals surface area contributed by atoms with Crippen LogP contribution < -0.4 is 5.32 Å². The van der Waals surface area contributed by atoms with E-state index >= 15 is 0 Å². The molecule has 0 spiro atoms. The highest BCUT2D eigenvalue weighted by Crippen LogP contribution is 2.31. The number of benzene rings is 2. The van der Waals surface area contributed by atoms with Crippen LogP contribution in [-0.4, -0.2) is 11.7 Å². The number of hydrogen-bond donors (Lipinski definition) is 1. The van der Waals surface area contributed by atoms with Crippen molar-refractivity contribution in [2.45, 2.75) is 13.8 Å². The van der Waals surface area contributed by atoms with Crippen molar-refractivity contribution in [3.8, 4) is 11.1 Å². The summed E-state index contributed by atoms with van der Waals surface area (Å²) < 4.78 is 0. The Labute approximate surface area is 111 Å². The van der Waals surface area contributed by atoms with Crippen molar-refractivity contribution in [3.63, 3.8) is 0 Å². The summed E-state index contributed by atoms with van der Waals surface area (Å²) in [7, 11) is 0. The first-order valence-corrected chi connectivity index (χ1v) is 6.13. The third-order valence-electron chi connectivity index (χ3n) is 3.42. The lowest BCUT2D eigenvalue weighted by molar-refractivity contribution is -0.112. The zero-order chi connectivity index (χ0) is 13.6. The van der Waals surface area contributed by atoms with Crippen molar-refractivity contribution in [1.29, 1.82) is 0 Å². The van der Waals surface area contributed by atoms with Gasteiger partial charge in [-0.3, -0.25) is 9.59 Å². The van der Waals surface area contributed by atoms with Gasteiger partial charge in [0.15, 0.2) is 0 Å². The van der Waals surface area contributed by atoms with E-state index in [2.05, 4.69) is 23.5 Å². The fourth-order valence-corrected chi connectivity index (χ4v) is 2.36. The van der Waals surface area contributed by atoms with Crippen LogP contribution in [0.5, 0.6) is 0 Å². The number of carbonyl (C=O) groups is 2. The van der Waals surface area contributed by atoms with Gasteiger partial charge in [0.2, 0.25) is 0 Å². The van der Waals surface area contributed by atoms with Gasteiger partial charge in [0, 0.05) is 0 Å². The van der Waals surface area contributed by atoms with Crippen molar-refractivity contribution >= 4 is 17.4 Å². The van der Waals surface area contributed by atoms with Gasteiger partial charge in [-0.2, -0.15) is 0 Å². The third-order valence-corrected chi connectivity index (χ3v) is 3.42. The summed E-state index contributed by atoms with van der Waals surface area (Å²) in [6, 6.07) is 11.7. The minimum Gasteiger partial charge on any atom is -0.318 e. The second-order valence-corrected chi connectivity index (χ2v) is 4.86. The van der Waals surface area contributed by atoms with Gasteiger partial charge < -0.3 is 5.32 Å². The standard InChI is InChI=1S/C16H13NO2/c1-9-3-4-10(2)12(7-9)11-5-6-14-13(8-11)15(18)16(19)17-14/h3-8H,1-2H3,(H,17,18,19). The summed E-state index contributed by atoms with van der Waals surface area (Å²) in [4.78, 5) is 23.1. The molecule has 3 heteroatoms.